The smallest absolute Gasteiger partial charge is 0.297 e. The molecule has 2 rings (SSSR count). The summed E-state index contributed by atoms with van der Waals surface area (Å²) in [5.41, 5.74) is 8.08. The molecule has 0 radical (unpaired) electrons. The molecule has 4 N–H and O–H groups in total. The van der Waals surface area contributed by atoms with E-state index in [0.717, 1.165) is 0 Å². The van der Waals surface area contributed by atoms with Crippen molar-refractivity contribution in [1.82, 2.24) is 15.7 Å². The normalized spacial score (nSPS) is 10.7. The Hall–Kier alpha value is -3.10. The van der Waals surface area contributed by atoms with Crippen LogP contribution in [0.1, 0.15) is 23.0 Å². The van der Waals surface area contributed by atoms with Gasteiger partial charge in [0.2, 0.25) is 11.5 Å². The topological polar surface area (TPSA) is 136 Å². The van der Waals surface area contributed by atoms with Crippen LogP contribution < -0.4 is 15.9 Å². The molecule has 0 bridgehead atoms. The van der Waals surface area contributed by atoms with Gasteiger partial charge in [0, 0.05) is 0 Å². The van der Waals surface area contributed by atoms with Gasteiger partial charge in [0.1, 0.15) is 0 Å². The van der Waals surface area contributed by atoms with E-state index in [4.69, 9.17) is 10.5 Å². The van der Waals surface area contributed by atoms with Crippen LogP contribution in [0.3, 0.4) is 0 Å². The van der Waals surface area contributed by atoms with Crippen molar-refractivity contribution in [3.05, 3.63) is 29.5 Å². The van der Waals surface area contributed by atoms with Gasteiger partial charge in [0.05, 0.1) is 12.8 Å². The molecule has 1 aromatic carbocycles. The predicted octanol–water partition coefficient (Wildman–Crippen LogP) is 0.520. The number of carbonyl (C=O) groups excluding carboxylic acids is 1. The number of phenols is 1. The lowest BCUT2D eigenvalue weighted by molar-refractivity contribution is 0.0946. The number of nitrogens with one attached hydrogen (secondary N) is 1. The molecule has 0 atom stereocenters. The number of benzene rings is 1. The van der Waals surface area contributed by atoms with Crippen molar-refractivity contribution < 1.29 is 19.3 Å². The second-order valence-corrected chi connectivity index (χ2v) is 3.86. The summed E-state index contributed by atoms with van der Waals surface area (Å²) in [5, 5.41) is 19.9. The van der Waals surface area contributed by atoms with Crippen LogP contribution in [0.5, 0.6) is 11.5 Å². The van der Waals surface area contributed by atoms with Crippen molar-refractivity contribution in [2.45, 2.75) is 6.92 Å². The Morgan fingerprint density at radius 2 is 2.38 bits per heavy atom. The predicted molar refractivity (Wildman–Crippen MR) is 73.0 cm³/mol. The Labute approximate surface area is 119 Å². The second-order valence-electron chi connectivity index (χ2n) is 3.86. The number of rotatable bonds is 5. The molecule has 0 aliphatic heterocycles. The van der Waals surface area contributed by atoms with Crippen LogP contribution >= 0.6 is 0 Å². The Balaban J connectivity index is 2.03. The van der Waals surface area contributed by atoms with E-state index in [1.54, 1.807) is 19.1 Å². The number of hydrazone groups is 1. The Kier molecular flexibility index (Phi) is 4.34. The van der Waals surface area contributed by atoms with Gasteiger partial charge in [-0.05, 0) is 41.0 Å². The number of nitrogens with zero attached hydrogens (tertiary/aromatic N) is 3. The van der Waals surface area contributed by atoms with E-state index in [1.165, 1.54) is 12.3 Å². The number of nitrogen functional groups attached to an aromatic ring is 1. The van der Waals surface area contributed by atoms with E-state index in [1.807, 2.05) is 0 Å². The minimum atomic E-state index is -0.645. The molecule has 1 heterocycles. The summed E-state index contributed by atoms with van der Waals surface area (Å²) in [4.78, 5) is 11.6. The van der Waals surface area contributed by atoms with Crippen molar-refractivity contribution in [2.75, 3.05) is 12.3 Å². The van der Waals surface area contributed by atoms with Crippen LogP contribution in [0.2, 0.25) is 0 Å². The number of anilines is 1. The fraction of sp³-hybridized carbons (Fsp3) is 0.167. The first-order valence-electron chi connectivity index (χ1n) is 5.99. The summed E-state index contributed by atoms with van der Waals surface area (Å²) >= 11 is 0. The molecular formula is C12H13N5O4. The first-order chi connectivity index (χ1) is 10.1. The molecule has 110 valence electrons. The number of aromatic nitrogens is 2. The summed E-state index contributed by atoms with van der Waals surface area (Å²) in [6.45, 7) is 2.22. The van der Waals surface area contributed by atoms with Gasteiger partial charge in [-0.3, -0.25) is 4.79 Å². The third kappa shape index (κ3) is 3.47. The number of nitrogens with two attached hydrogens (primary N) is 1. The van der Waals surface area contributed by atoms with Crippen molar-refractivity contribution in [2.24, 2.45) is 5.10 Å². The maximum atomic E-state index is 11.6. The van der Waals surface area contributed by atoms with E-state index in [9.17, 15) is 9.90 Å². The fourth-order valence-corrected chi connectivity index (χ4v) is 1.45. The highest BCUT2D eigenvalue weighted by Crippen LogP contribution is 2.26. The van der Waals surface area contributed by atoms with Gasteiger partial charge >= 0.3 is 0 Å². The van der Waals surface area contributed by atoms with Crippen LogP contribution in [-0.2, 0) is 0 Å². The molecule has 0 unspecified atom stereocenters. The molecule has 9 nitrogen and oxygen atoms in total. The number of aromatic hydroxyl groups is 1. The number of carbonyl (C=O) groups is 1. The lowest BCUT2D eigenvalue weighted by Gasteiger charge is -2.05. The third-order valence-corrected chi connectivity index (χ3v) is 2.39. The lowest BCUT2D eigenvalue weighted by Crippen LogP contribution is -2.19. The van der Waals surface area contributed by atoms with Crippen molar-refractivity contribution in [3.8, 4) is 11.5 Å². The van der Waals surface area contributed by atoms with Gasteiger partial charge in [-0.25, -0.2) is 10.1 Å². The SMILES string of the molecule is CCOc1cc(/C=N/NC(=O)c2nonc2N)ccc1O. The molecule has 0 aliphatic rings. The molecule has 0 aliphatic carbocycles. The molecule has 0 saturated carbocycles. The second kappa shape index (κ2) is 6.37. The van der Waals surface area contributed by atoms with Gasteiger partial charge in [-0.2, -0.15) is 5.10 Å². The Morgan fingerprint density at radius 3 is 3.05 bits per heavy atom. The van der Waals surface area contributed by atoms with Gasteiger partial charge < -0.3 is 15.6 Å². The first-order valence-corrected chi connectivity index (χ1v) is 5.99. The monoisotopic (exact) mass is 291 g/mol. The average molecular weight is 291 g/mol. The summed E-state index contributed by atoms with van der Waals surface area (Å²) in [5.74, 6) is -0.406. The van der Waals surface area contributed by atoms with Crippen LogP contribution in [0.25, 0.3) is 0 Å². The summed E-state index contributed by atoms with van der Waals surface area (Å²) < 4.78 is 9.54. The number of hydrogen-bond acceptors (Lipinski definition) is 8. The minimum absolute atomic E-state index is 0.0273. The van der Waals surface area contributed by atoms with Gasteiger partial charge in [-0.1, -0.05) is 0 Å². The molecule has 0 saturated heterocycles. The number of ether oxygens (including phenoxy) is 1. The number of hydrogen-bond donors (Lipinski definition) is 3. The van der Waals surface area contributed by atoms with Crippen LogP contribution in [-0.4, -0.2) is 34.1 Å². The lowest BCUT2D eigenvalue weighted by atomic mass is 10.2. The van der Waals surface area contributed by atoms with Crippen molar-refractivity contribution in [3.63, 3.8) is 0 Å². The highest BCUT2D eigenvalue weighted by Gasteiger charge is 2.14. The number of phenolic OH excluding ortho intramolecular Hbond substituents is 1. The molecular weight excluding hydrogens is 278 g/mol. The van der Waals surface area contributed by atoms with E-state index in [2.05, 4.69) is 25.5 Å². The van der Waals surface area contributed by atoms with Crippen molar-refractivity contribution >= 4 is 17.9 Å². The summed E-state index contributed by atoms with van der Waals surface area (Å²) in [6.07, 6.45) is 1.38. The summed E-state index contributed by atoms with van der Waals surface area (Å²) in [7, 11) is 0. The Morgan fingerprint density at radius 1 is 1.57 bits per heavy atom. The zero-order chi connectivity index (χ0) is 15.2. The van der Waals surface area contributed by atoms with E-state index < -0.39 is 5.91 Å². The molecule has 1 aromatic heterocycles. The van der Waals surface area contributed by atoms with Gasteiger partial charge in [0.15, 0.2) is 11.5 Å². The maximum absolute atomic E-state index is 11.6. The van der Waals surface area contributed by atoms with E-state index in [0.29, 0.717) is 17.9 Å². The highest BCUT2D eigenvalue weighted by atomic mass is 16.6. The van der Waals surface area contributed by atoms with Crippen LogP contribution in [0.4, 0.5) is 5.82 Å². The first kappa shape index (κ1) is 14.3. The Bertz CT molecular complexity index is 667. The number of amides is 1. The molecule has 21 heavy (non-hydrogen) atoms. The van der Waals surface area contributed by atoms with Gasteiger partial charge in [-0.15, -0.1) is 0 Å². The van der Waals surface area contributed by atoms with E-state index >= 15 is 0 Å². The minimum Gasteiger partial charge on any atom is -0.504 e. The average Bonchev–Trinajstić information content (AvgIpc) is 2.89. The van der Waals surface area contributed by atoms with Crippen LogP contribution in [0.15, 0.2) is 27.9 Å². The quantitative estimate of drug-likeness (QED) is 0.539. The largest absolute Gasteiger partial charge is 0.504 e. The molecule has 2 aromatic rings. The molecule has 0 spiro atoms. The molecule has 9 heteroatoms. The standard InChI is InChI=1S/C12H13N5O4/c1-2-20-9-5-7(3-4-8(9)18)6-14-15-12(19)10-11(13)17-21-16-10/h3-6,18H,2H2,1H3,(H2,13,17)(H,15,19)/b14-6+. The summed E-state index contributed by atoms with van der Waals surface area (Å²) in [6, 6.07) is 4.66. The van der Waals surface area contributed by atoms with Gasteiger partial charge in [0.25, 0.3) is 5.91 Å². The zero-order valence-electron chi connectivity index (χ0n) is 11.1. The zero-order valence-corrected chi connectivity index (χ0v) is 11.1. The molecule has 1 amide bonds. The third-order valence-electron chi connectivity index (χ3n) is 2.39. The highest BCUT2D eigenvalue weighted by molar-refractivity contribution is 5.96. The fourth-order valence-electron chi connectivity index (χ4n) is 1.45. The molecule has 0 fully saturated rings. The maximum Gasteiger partial charge on any atom is 0.297 e. The van der Waals surface area contributed by atoms with E-state index in [-0.39, 0.29) is 17.3 Å². The van der Waals surface area contributed by atoms with Crippen LogP contribution in [0, 0.1) is 0 Å². The van der Waals surface area contributed by atoms with Crippen molar-refractivity contribution in [1.29, 1.82) is 0 Å².